The quantitative estimate of drug-likeness (QED) is 0.791. The molecule has 4 nitrogen and oxygen atoms in total. The van der Waals surface area contributed by atoms with Crippen molar-refractivity contribution >= 4 is 0 Å². The highest BCUT2D eigenvalue weighted by Crippen LogP contribution is 2.19. The summed E-state index contributed by atoms with van der Waals surface area (Å²) in [5, 5.41) is 4.38. The normalized spacial score (nSPS) is 12.3. The summed E-state index contributed by atoms with van der Waals surface area (Å²) in [6.45, 7) is 1.96. The molecule has 3 aromatic rings. The third-order valence-electron chi connectivity index (χ3n) is 3.22. The van der Waals surface area contributed by atoms with Crippen LogP contribution >= 0.6 is 0 Å². The van der Waals surface area contributed by atoms with Crippen molar-refractivity contribution in [1.82, 2.24) is 14.8 Å². The van der Waals surface area contributed by atoms with Gasteiger partial charge in [0.15, 0.2) is 5.82 Å². The largest absolute Gasteiger partial charge is 0.324 e. The van der Waals surface area contributed by atoms with Crippen molar-refractivity contribution in [2.24, 2.45) is 5.73 Å². The molecule has 2 heterocycles. The SMILES string of the molecule is C[C@H](N)c1ccnc(-n2cc(-c3ccccc3)cn2)c1. The highest BCUT2D eigenvalue weighted by Gasteiger charge is 2.06. The Morgan fingerprint density at radius 3 is 2.65 bits per heavy atom. The van der Waals surface area contributed by atoms with E-state index in [2.05, 4.69) is 22.2 Å². The van der Waals surface area contributed by atoms with Crippen molar-refractivity contribution in [2.45, 2.75) is 13.0 Å². The fourth-order valence-corrected chi connectivity index (χ4v) is 2.07. The van der Waals surface area contributed by atoms with Gasteiger partial charge in [-0.1, -0.05) is 30.3 Å². The average Bonchev–Trinajstić information content (AvgIpc) is 2.98. The van der Waals surface area contributed by atoms with E-state index in [-0.39, 0.29) is 6.04 Å². The Balaban J connectivity index is 1.96. The predicted molar refractivity (Wildman–Crippen MR) is 79.4 cm³/mol. The molecule has 0 aliphatic heterocycles. The summed E-state index contributed by atoms with van der Waals surface area (Å²) in [5.41, 5.74) is 9.16. The van der Waals surface area contributed by atoms with Crippen molar-refractivity contribution in [3.8, 4) is 16.9 Å². The number of nitrogens with zero attached hydrogens (tertiary/aromatic N) is 3. The molecule has 1 atom stereocenters. The van der Waals surface area contributed by atoms with E-state index in [0.29, 0.717) is 0 Å². The lowest BCUT2D eigenvalue weighted by molar-refractivity contribution is 0.796. The van der Waals surface area contributed by atoms with E-state index < -0.39 is 0 Å². The lowest BCUT2D eigenvalue weighted by Crippen LogP contribution is -2.07. The second-order valence-electron chi connectivity index (χ2n) is 4.78. The first kappa shape index (κ1) is 12.6. The van der Waals surface area contributed by atoms with Gasteiger partial charge >= 0.3 is 0 Å². The Kier molecular flexibility index (Phi) is 3.31. The van der Waals surface area contributed by atoms with Crippen LogP contribution in [0.1, 0.15) is 18.5 Å². The van der Waals surface area contributed by atoms with Crippen LogP contribution in [0.4, 0.5) is 0 Å². The maximum Gasteiger partial charge on any atom is 0.153 e. The molecule has 0 radical (unpaired) electrons. The third-order valence-corrected chi connectivity index (χ3v) is 3.22. The standard InChI is InChI=1S/C16H16N4/c1-12(17)14-7-8-18-16(9-14)20-11-15(10-19-20)13-5-3-2-4-6-13/h2-12H,17H2,1H3/t12-/m0/s1. The molecule has 3 rings (SSSR count). The van der Waals surface area contributed by atoms with E-state index in [1.54, 1.807) is 10.9 Å². The minimum atomic E-state index is -0.0131. The number of hydrogen-bond donors (Lipinski definition) is 1. The zero-order chi connectivity index (χ0) is 13.9. The molecular formula is C16H16N4. The highest BCUT2D eigenvalue weighted by atomic mass is 15.3. The lowest BCUT2D eigenvalue weighted by Gasteiger charge is -2.07. The maximum atomic E-state index is 5.90. The molecule has 2 N–H and O–H groups in total. The van der Waals surface area contributed by atoms with Crippen LogP contribution in [0.2, 0.25) is 0 Å². The van der Waals surface area contributed by atoms with Crippen LogP contribution < -0.4 is 5.73 Å². The molecule has 0 saturated heterocycles. The number of benzene rings is 1. The van der Waals surface area contributed by atoms with Gasteiger partial charge in [0.1, 0.15) is 0 Å². The van der Waals surface area contributed by atoms with Gasteiger partial charge in [-0.3, -0.25) is 0 Å². The molecule has 0 aliphatic rings. The highest BCUT2D eigenvalue weighted by molar-refractivity contribution is 5.61. The molecule has 20 heavy (non-hydrogen) atoms. The third kappa shape index (κ3) is 2.46. The van der Waals surface area contributed by atoms with Crippen LogP contribution in [0.15, 0.2) is 61.1 Å². The zero-order valence-electron chi connectivity index (χ0n) is 11.3. The van der Waals surface area contributed by atoms with E-state index in [9.17, 15) is 0 Å². The summed E-state index contributed by atoms with van der Waals surface area (Å²) < 4.78 is 1.77. The van der Waals surface area contributed by atoms with E-state index in [1.807, 2.05) is 49.6 Å². The van der Waals surface area contributed by atoms with Crippen molar-refractivity contribution in [3.63, 3.8) is 0 Å². The van der Waals surface area contributed by atoms with Crippen LogP contribution in [0.5, 0.6) is 0 Å². The van der Waals surface area contributed by atoms with Gasteiger partial charge in [0, 0.05) is 24.0 Å². The molecule has 0 bridgehead atoms. The summed E-state index contributed by atoms with van der Waals surface area (Å²) in [6, 6.07) is 14.0. The first-order chi connectivity index (χ1) is 9.74. The Morgan fingerprint density at radius 2 is 1.90 bits per heavy atom. The van der Waals surface area contributed by atoms with E-state index in [1.165, 1.54) is 0 Å². The van der Waals surface area contributed by atoms with Crippen molar-refractivity contribution < 1.29 is 0 Å². The van der Waals surface area contributed by atoms with E-state index in [0.717, 1.165) is 22.5 Å². The van der Waals surface area contributed by atoms with Gasteiger partial charge in [-0.2, -0.15) is 5.10 Å². The summed E-state index contributed by atoms with van der Waals surface area (Å²) >= 11 is 0. The van der Waals surface area contributed by atoms with Gasteiger partial charge in [0.25, 0.3) is 0 Å². The van der Waals surface area contributed by atoms with Crippen molar-refractivity contribution in [2.75, 3.05) is 0 Å². The summed E-state index contributed by atoms with van der Waals surface area (Å²) in [4.78, 5) is 4.34. The molecule has 0 saturated carbocycles. The first-order valence-electron chi connectivity index (χ1n) is 6.56. The van der Waals surface area contributed by atoms with E-state index in [4.69, 9.17) is 5.73 Å². The molecule has 0 aliphatic carbocycles. The Labute approximate surface area is 117 Å². The topological polar surface area (TPSA) is 56.7 Å². The monoisotopic (exact) mass is 264 g/mol. The van der Waals surface area contributed by atoms with E-state index >= 15 is 0 Å². The molecule has 0 spiro atoms. The number of nitrogens with two attached hydrogens (primary N) is 1. The van der Waals surface area contributed by atoms with Crippen LogP contribution in [0.3, 0.4) is 0 Å². The zero-order valence-corrected chi connectivity index (χ0v) is 11.3. The number of rotatable bonds is 3. The molecule has 0 unspecified atom stereocenters. The second-order valence-corrected chi connectivity index (χ2v) is 4.78. The van der Waals surface area contributed by atoms with Crippen molar-refractivity contribution in [3.05, 3.63) is 66.6 Å². The summed E-state index contributed by atoms with van der Waals surface area (Å²) in [5.74, 6) is 0.780. The number of pyridine rings is 1. The molecule has 0 amide bonds. The maximum absolute atomic E-state index is 5.90. The van der Waals surface area contributed by atoms with Crippen molar-refractivity contribution in [1.29, 1.82) is 0 Å². The Bertz CT molecular complexity index is 701. The smallest absolute Gasteiger partial charge is 0.153 e. The average molecular weight is 264 g/mol. The Hall–Kier alpha value is -2.46. The molecule has 2 aromatic heterocycles. The number of hydrogen-bond acceptors (Lipinski definition) is 3. The van der Waals surface area contributed by atoms with Gasteiger partial charge in [0.2, 0.25) is 0 Å². The first-order valence-corrected chi connectivity index (χ1v) is 6.56. The predicted octanol–water partition coefficient (Wildman–Crippen LogP) is 2.95. The van der Waals surface area contributed by atoms with Gasteiger partial charge < -0.3 is 5.73 Å². The van der Waals surface area contributed by atoms with Crippen LogP contribution in [-0.2, 0) is 0 Å². The lowest BCUT2D eigenvalue weighted by atomic mass is 10.1. The molecule has 100 valence electrons. The minimum Gasteiger partial charge on any atom is -0.324 e. The fourth-order valence-electron chi connectivity index (χ4n) is 2.07. The van der Waals surface area contributed by atoms with Crippen LogP contribution in [0, 0.1) is 0 Å². The van der Waals surface area contributed by atoms with Gasteiger partial charge in [-0.15, -0.1) is 0 Å². The summed E-state index contributed by atoms with van der Waals surface area (Å²) in [6.07, 6.45) is 5.58. The van der Waals surface area contributed by atoms with Gasteiger partial charge in [-0.25, -0.2) is 9.67 Å². The molecule has 1 aromatic carbocycles. The Morgan fingerprint density at radius 1 is 1.10 bits per heavy atom. The van der Waals surface area contributed by atoms with Crippen LogP contribution in [-0.4, -0.2) is 14.8 Å². The van der Waals surface area contributed by atoms with Gasteiger partial charge in [-0.05, 0) is 30.2 Å². The molecular weight excluding hydrogens is 248 g/mol. The second kappa shape index (κ2) is 5.27. The fraction of sp³-hybridized carbons (Fsp3) is 0.125. The molecule has 4 heteroatoms. The number of aromatic nitrogens is 3. The minimum absolute atomic E-state index is 0.0131. The van der Waals surface area contributed by atoms with Crippen LogP contribution in [0.25, 0.3) is 16.9 Å². The molecule has 0 fully saturated rings. The summed E-state index contributed by atoms with van der Waals surface area (Å²) in [7, 11) is 0. The van der Waals surface area contributed by atoms with Gasteiger partial charge in [0.05, 0.1) is 6.20 Å².